The summed E-state index contributed by atoms with van der Waals surface area (Å²) in [4.78, 5) is 4.52. The molecular weight excluding hydrogens is 200 g/mol. The lowest BCUT2D eigenvalue weighted by Gasteiger charge is -2.15. The smallest absolute Gasteiger partial charge is 0.242 e. The van der Waals surface area contributed by atoms with E-state index in [2.05, 4.69) is 39.7 Å². The molecule has 0 spiro atoms. The minimum absolute atomic E-state index is 0.731. The predicted octanol–water partition coefficient (Wildman–Crippen LogP) is 1.93. The number of fused-ring (bicyclic) bond motifs is 3. The van der Waals surface area contributed by atoms with Gasteiger partial charge in [-0.3, -0.25) is 0 Å². The van der Waals surface area contributed by atoms with Gasteiger partial charge in [0, 0.05) is 18.7 Å². The summed E-state index contributed by atoms with van der Waals surface area (Å²) in [6.07, 6.45) is 1.04. The third-order valence-electron chi connectivity index (χ3n) is 2.86. The molecule has 0 amide bonds. The SMILES string of the molecule is CCNc1nc2n(n1)CCc1ccccc1-2. The first-order valence-electron chi connectivity index (χ1n) is 5.65. The lowest BCUT2D eigenvalue weighted by Crippen LogP contribution is -2.12. The van der Waals surface area contributed by atoms with Crippen LogP contribution in [-0.2, 0) is 13.0 Å². The van der Waals surface area contributed by atoms with Crippen LogP contribution in [0.25, 0.3) is 11.4 Å². The summed E-state index contributed by atoms with van der Waals surface area (Å²) in [5.74, 6) is 1.71. The highest BCUT2D eigenvalue weighted by atomic mass is 15.4. The normalized spacial score (nSPS) is 13.1. The molecule has 3 rings (SSSR count). The topological polar surface area (TPSA) is 42.7 Å². The van der Waals surface area contributed by atoms with Gasteiger partial charge >= 0.3 is 0 Å². The van der Waals surface area contributed by atoms with Crippen LogP contribution in [0.2, 0.25) is 0 Å². The Morgan fingerprint density at radius 2 is 2.25 bits per heavy atom. The Morgan fingerprint density at radius 3 is 3.12 bits per heavy atom. The molecule has 1 aromatic carbocycles. The fraction of sp³-hybridized carbons (Fsp3) is 0.333. The van der Waals surface area contributed by atoms with Crippen molar-refractivity contribution < 1.29 is 0 Å². The Balaban J connectivity index is 2.09. The fourth-order valence-corrected chi connectivity index (χ4v) is 2.11. The van der Waals surface area contributed by atoms with E-state index in [4.69, 9.17) is 0 Å². The highest BCUT2D eigenvalue weighted by molar-refractivity contribution is 5.63. The van der Waals surface area contributed by atoms with Gasteiger partial charge in [0.25, 0.3) is 0 Å². The van der Waals surface area contributed by atoms with E-state index in [1.54, 1.807) is 0 Å². The van der Waals surface area contributed by atoms with Gasteiger partial charge in [0.15, 0.2) is 5.82 Å². The molecule has 82 valence electrons. The van der Waals surface area contributed by atoms with Crippen LogP contribution in [-0.4, -0.2) is 21.3 Å². The Kier molecular flexibility index (Phi) is 2.13. The van der Waals surface area contributed by atoms with Crippen LogP contribution >= 0.6 is 0 Å². The average Bonchev–Trinajstić information content (AvgIpc) is 2.72. The van der Waals surface area contributed by atoms with E-state index in [1.165, 1.54) is 11.1 Å². The van der Waals surface area contributed by atoms with Gasteiger partial charge < -0.3 is 5.32 Å². The minimum Gasteiger partial charge on any atom is -0.353 e. The number of hydrogen-bond acceptors (Lipinski definition) is 3. The zero-order valence-electron chi connectivity index (χ0n) is 9.27. The van der Waals surface area contributed by atoms with Crippen molar-refractivity contribution in [1.82, 2.24) is 14.8 Å². The summed E-state index contributed by atoms with van der Waals surface area (Å²) in [6, 6.07) is 8.41. The van der Waals surface area contributed by atoms with Crippen LogP contribution in [0, 0.1) is 0 Å². The predicted molar refractivity (Wildman–Crippen MR) is 63.3 cm³/mol. The maximum Gasteiger partial charge on any atom is 0.242 e. The number of nitrogens with zero attached hydrogens (tertiary/aromatic N) is 3. The van der Waals surface area contributed by atoms with Crippen molar-refractivity contribution >= 4 is 5.95 Å². The summed E-state index contributed by atoms with van der Waals surface area (Å²) in [7, 11) is 0. The van der Waals surface area contributed by atoms with Gasteiger partial charge in [0.2, 0.25) is 5.95 Å². The summed E-state index contributed by atoms with van der Waals surface area (Å²) in [5.41, 5.74) is 2.58. The number of benzene rings is 1. The maximum absolute atomic E-state index is 4.52. The molecule has 0 fully saturated rings. The van der Waals surface area contributed by atoms with E-state index in [1.807, 2.05) is 11.6 Å². The van der Waals surface area contributed by atoms with Crippen molar-refractivity contribution in [2.24, 2.45) is 0 Å². The number of aryl methyl sites for hydroxylation is 2. The maximum atomic E-state index is 4.52. The number of rotatable bonds is 2. The number of nitrogens with one attached hydrogen (secondary N) is 1. The van der Waals surface area contributed by atoms with Crippen molar-refractivity contribution in [3.05, 3.63) is 29.8 Å². The molecule has 0 unspecified atom stereocenters. The molecule has 0 atom stereocenters. The second-order valence-corrected chi connectivity index (χ2v) is 3.92. The van der Waals surface area contributed by atoms with Gasteiger partial charge in [-0.05, 0) is 18.9 Å². The fourth-order valence-electron chi connectivity index (χ4n) is 2.11. The molecule has 0 saturated carbocycles. The molecule has 2 aromatic rings. The van der Waals surface area contributed by atoms with E-state index in [-0.39, 0.29) is 0 Å². The Hall–Kier alpha value is -1.84. The van der Waals surface area contributed by atoms with Crippen LogP contribution in [0.3, 0.4) is 0 Å². The first-order valence-corrected chi connectivity index (χ1v) is 5.65. The lowest BCUT2D eigenvalue weighted by molar-refractivity contribution is 0.607. The van der Waals surface area contributed by atoms with Gasteiger partial charge in [0.1, 0.15) is 0 Å². The average molecular weight is 214 g/mol. The molecule has 0 saturated heterocycles. The van der Waals surface area contributed by atoms with Crippen LogP contribution in [0.4, 0.5) is 5.95 Å². The number of hydrogen-bond donors (Lipinski definition) is 1. The second kappa shape index (κ2) is 3.63. The molecule has 2 heterocycles. The second-order valence-electron chi connectivity index (χ2n) is 3.92. The molecule has 0 aliphatic carbocycles. The standard InChI is InChI=1S/C12H14N4/c1-2-13-12-14-11-10-6-4-3-5-9(10)7-8-16(11)15-12/h3-6H,2,7-8H2,1H3,(H,13,15). The Bertz CT molecular complexity index is 515. The van der Waals surface area contributed by atoms with Gasteiger partial charge in [0.05, 0.1) is 0 Å². The first kappa shape index (κ1) is 9.39. The molecule has 4 nitrogen and oxygen atoms in total. The summed E-state index contributed by atoms with van der Waals surface area (Å²) in [5, 5.41) is 7.59. The van der Waals surface area contributed by atoms with Crippen LogP contribution in [0.1, 0.15) is 12.5 Å². The molecule has 1 aliphatic rings. The summed E-state index contributed by atoms with van der Waals surface area (Å²) in [6.45, 7) is 3.82. The summed E-state index contributed by atoms with van der Waals surface area (Å²) < 4.78 is 1.99. The zero-order valence-corrected chi connectivity index (χ0v) is 9.27. The molecule has 16 heavy (non-hydrogen) atoms. The van der Waals surface area contributed by atoms with E-state index in [0.29, 0.717) is 0 Å². The Morgan fingerprint density at radius 1 is 1.38 bits per heavy atom. The first-order chi connectivity index (χ1) is 7.88. The van der Waals surface area contributed by atoms with Gasteiger partial charge in [-0.2, -0.15) is 4.98 Å². The third-order valence-corrected chi connectivity index (χ3v) is 2.86. The van der Waals surface area contributed by atoms with Crippen molar-refractivity contribution in [3.63, 3.8) is 0 Å². The molecule has 1 aromatic heterocycles. The van der Waals surface area contributed by atoms with Crippen molar-refractivity contribution in [3.8, 4) is 11.4 Å². The van der Waals surface area contributed by atoms with Crippen LogP contribution < -0.4 is 5.32 Å². The van der Waals surface area contributed by atoms with E-state index in [0.717, 1.165) is 31.3 Å². The van der Waals surface area contributed by atoms with Crippen molar-refractivity contribution in [2.75, 3.05) is 11.9 Å². The van der Waals surface area contributed by atoms with E-state index < -0.39 is 0 Å². The monoisotopic (exact) mass is 214 g/mol. The van der Waals surface area contributed by atoms with Gasteiger partial charge in [-0.1, -0.05) is 24.3 Å². The quantitative estimate of drug-likeness (QED) is 0.830. The van der Waals surface area contributed by atoms with Gasteiger partial charge in [-0.15, -0.1) is 5.10 Å². The van der Waals surface area contributed by atoms with E-state index in [9.17, 15) is 0 Å². The van der Waals surface area contributed by atoms with E-state index >= 15 is 0 Å². The van der Waals surface area contributed by atoms with Gasteiger partial charge in [-0.25, -0.2) is 4.68 Å². The number of anilines is 1. The molecule has 0 bridgehead atoms. The lowest BCUT2D eigenvalue weighted by atomic mass is 10.0. The molecule has 1 N–H and O–H groups in total. The number of aromatic nitrogens is 3. The molecule has 1 aliphatic heterocycles. The highest BCUT2D eigenvalue weighted by Crippen LogP contribution is 2.27. The van der Waals surface area contributed by atoms with Crippen LogP contribution in [0.5, 0.6) is 0 Å². The molecule has 0 radical (unpaired) electrons. The van der Waals surface area contributed by atoms with Crippen molar-refractivity contribution in [1.29, 1.82) is 0 Å². The minimum atomic E-state index is 0.731. The van der Waals surface area contributed by atoms with Crippen LogP contribution in [0.15, 0.2) is 24.3 Å². The largest absolute Gasteiger partial charge is 0.353 e. The third kappa shape index (κ3) is 1.38. The Labute approximate surface area is 94.3 Å². The molecule has 4 heteroatoms. The van der Waals surface area contributed by atoms with Crippen molar-refractivity contribution in [2.45, 2.75) is 19.9 Å². The molecular formula is C12H14N4. The summed E-state index contributed by atoms with van der Waals surface area (Å²) >= 11 is 0. The zero-order chi connectivity index (χ0) is 11.0. The highest BCUT2D eigenvalue weighted by Gasteiger charge is 2.18.